The lowest BCUT2D eigenvalue weighted by molar-refractivity contribution is -0.161. The molecule has 0 saturated carbocycles. The summed E-state index contributed by atoms with van der Waals surface area (Å²) in [6, 6.07) is 0. The van der Waals surface area contributed by atoms with Crippen LogP contribution < -0.4 is 0 Å². The van der Waals surface area contributed by atoms with E-state index in [0.29, 0.717) is 32.1 Å². The van der Waals surface area contributed by atoms with Gasteiger partial charge in [-0.15, -0.1) is 0 Å². The highest BCUT2D eigenvalue weighted by Gasteiger charge is 2.30. The fourth-order valence-corrected chi connectivity index (χ4v) is 12.1. The van der Waals surface area contributed by atoms with E-state index >= 15 is 0 Å². The first-order valence-corrected chi connectivity index (χ1v) is 43.4. The predicted molar refractivity (Wildman–Crippen MR) is 427 cm³/mol. The molecule has 0 amide bonds. The summed E-state index contributed by atoms with van der Waals surface area (Å²) in [5, 5.41) is 10.6. The summed E-state index contributed by atoms with van der Waals surface area (Å²) in [5.41, 5.74) is 0. The van der Waals surface area contributed by atoms with Gasteiger partial charge in [-0.25, -0.2) is 9.13 Å². The Morgan fingerprint density at radius 3 is 0.837 bits per heavy atom. The molecular formula is C85H144O17P2. The lowest BCUT2D eigenvalue weighted by Crippen LogP contribution is -2.30. The van der Waals surface area contributed by atoms with Gasteiger partial charge in [0.2, 0.25) is 0 Å². The van der Waals surface area contributed by atoms with Crippen LogP contribution in [0.25, 0.3) is 0 Å². The van der Waals surface area contributed by atoms with Gasteiger partial charge in [-0.2, -0.15) is 0 Å². The van der Waals surface area contributed by atoms with E-state index in [1.807, 2.05) is 12.2 Å². The van der Waals surface area contributed by atoms with Crippen LogP contribution in [0.5, 0.6) is 0 Å². The number of phosphoric acid groups is 2. The van der Waals surface area contributed by atoms with Crippen molar-refractivity contribution in [3.8, 4) is 0 Å². The number of ether oxygens (including phenoxy) is 4. The third kappa shape index (κ3) is 75.4. The Hall–Kier alpha value is -4.80. The Morgan fingerprint density at radius 2 is 0.510 bits per heavy atom. The average molecular weight is 1500 g/mol. The molecule has 0 bridgehead atoms. The number of unbranched alkanes of at least 4 members (excludes halogenated alkanes) is 27. The van der Waals surface area contributed by atoms with Gasteiger partial charge < -0.3 is 33.8 Å². The number of rotatable bonds is 75. The summed E-state index contributed by atoms with van der Waals surface area (Å²) in [5.74, 6) is -2.27. The second kappa shape index (κ2) is 76.4. The minimum absolute atomic E-state index is 0.0702. The summed E-state index contributed by atoms with van der Waals surface area (Å²) >= 11 is 0. The van der Waals surface area contributed by atoms with Crippen molar-refractivity contribution < 1.29 is 80.2 Å². The first-order valence-electron chi connectivity index (χ1n) is 40.4. The van der Waals surface area contributed by atoms with Crippen molar-refractivity contribution >= 4 is 39.5 Å². The van der Waals surface area contributed by atoms with Crippen LogP contribution in [0.1, 0.15) is 323 Å². The Kier molecular flexibility index (Phi) is 72.9. The monoisotopic (exact) mass is 1500 g/mol. The molecule has 104 heavy (non-hydrogen) atoms. The zero-order chi connectivity index (χ0) is 76.0. The molecule has 596 valence electrons. The zero-order valence-corrected chi connectivity index (χ0v) is 66.9. The van der Waals surface area contributed by atoms with Crippen LogP contribution in [0.2, 0.25) is 0 Å². The van der Waals surface area contributed by atoms with Gasteiger partial charge in [0.05, 0.1) is 26.4 Å². The van der Waals surface area contributed by atoms with Gasteiger partial charge in [0.25, 0.3) is 0 Å². The van der Waals surface area contributed by atoms with E-state index in [1.165, 1.54) is 57.8 Å². The molecule has 0 heterocycles. The van der Waals surface area contributed by atoms with Crippen LogP contribution in [0, 0.1) is 0 Å². The SMILES string of the molecule is CC/C=C\C/C=C\C/C=C\C/C=C\C/C=C\CCCC(=O)OCC(COP(=O)(O)OCC(O)COP(=O)(O)OCC(COC(=O)CCCCCCCCC/C=C\C/C=C\C/C=C\CC)OC(=O)CCCCCCC/C=C\C/C=C\CCCCC)OC(=O)CCCCCCC/C=C\CCCCCCCC. The number of hydrogen-bond donors (Lipinski definition) is 3. The molecule has 0 aromatic rings. The van der Waals surface area contributed by atoms with E-state index in [9.17, 15) is 43.2 Å². The molecule has 0 aliphatic carbocycles. The molecule has 3 N–H and O–H groups in total. The van der Waals surface area contributed by atoms with Crippen molar-refractivity contribution in [1.82, 2.24) is 0 Å². The molecule has 0 saturated heterocycles. The van der Waals surface area contributed by atoms with Gasteiger partial charge in [-0.1, -0.05) is 277 Å². The van der Waals surface area contributed by atoms with Gasteiger partial charge in [0.15, 0.2) is 12.2 Å². The van der Waals surface area contributed by atoms with Crippen molar-refractivity contribution in [2.75, 3.05) is 39.6 Å². The summed E-state index contributed by atoms with van der Waals surface area (Å²) in [6.07, 6.45) is 85.7. The number of esters is 4. The van der Waals surface area contributed by atoms with Gasteiger partial charge in [-0.3, -0.25) is 37.3 Å². The Bertz CT molecular complexity index is 2490. The van der Waals surface area contributed by atoms with Crippen LogP contribution >= 0.6 is 15.6 Å². The van der Waals surface area contributed by atoms with Crippen LogP contribution in [-0.2, 0) is 65.4 Å². The average Bonchev–Trinajstić information content (AvgIpc) is 0.937. The number of phosphoric ester groups is 2. The van der Waals surface area contributed by atoms with Crippen molar-refractivity contribution in [2.45, 2.75) is 341 Å². The molecule has 0 spiro atoms. The van der Waals surface area contributed by atoms with E-state index in [2.05, 4.69) is 149 Å². The first kappa shape index (κ1) is 99.2. The molecule has 0 rings (SSSR count). The third-order valence-electron chi connectivity index (χ3n) is 16.6. The number of allylic oxidation sites excluding steroid dienone is 22. The van der Waals surface area contributed by atoms with Gasteiger partial charge in [0, 0.05) is 25.7 Å². The lowest BCUT2D eigenvalue weighted by atomic mass is 10.1. The molecule has 0 aromatic carbocycles. The van der Waals surface area contributed by atoms with Crippen molar-refractivity contribution in [3.63, 3.8) is 0 Å². The van der Waals surface area contributed by atoms with E-state index in [-0.39, 0.29) is 25.7 Å². The van der Waals surface area contributed by atoms with Gasteiger partial charge >= 0.3 is 39.5 Å². The minimum Gasteiger partial charge on any atom is -0.462 e. The fraction of sp³-hybridized carbons (Fsp3) is 0.694. The first-order chi connectivity index (χ1) is 50.7. The van der Waals surface area contributed by atoms with Crippen molar-refractivity contribution in [3.05, 3.63) is 134 Å². The largest absolute Gasteiger partial charge is 0.472 e. The molecule has 0 fully saturated rings. The smallest absolute Gasteiger partial charge is 0.462 e. The molecule has 0 radical (unpaired) electrons. The number of carbonyl (C=O) groups excluding carboxylic acids is 4. The summed E-state index contributed by atoms with van der Waals surface area (Å²) in [4.78, 5) is 73.1. The number of aliphatic hydroxyl groups is 1. The predicted octanol–water partition coefficient (Wildman–Crippen LogP) is 23.7. The fourth-order valence-electron chi connectivity index (χ4n) is 10.5. The van der Waals surface area contributed by atoms with E-state index < -0.39 is 97.5 Å². The maximum Gasteiger partial charge on any atom is 0.472 e. The Balaban J connectivity index is 5.43. The van der Waals surface area contributed by atoms with Crippen LogP contribution in [0.15, 0.2) is 134 Å². The second-order valence-electron chi connectivity index (χ2n) is 26.6. The lowest BCUT2D eigenvalue weighted by Gasteiger charge is -2.21. The van der Waals surface area contributed by atoms with Gasteiger partial charge in [-0.05, 0) is 154 Å². The molecule has 5 unspecified atom stereocenters. The molecule has 0 aromatic heterocycles. The van der Waals surface area contributed by atoms with E-state index in [1.54, 1.807) is 0 Å². The van der Waals surface area contributed by atoms with Crippen molar-refractivity contribution in [1.29, 1.82) is 0 Å². The molecule has 17 nitrogen and oxygen atoms in total. The van der Waals surface area contributed by atoms with Crippen molar-refractivity contribution in [2.24, 2.45) is 0 Å². The number of carbonyl (C=O) groups is 4. The van der Waals surface area contributed by atoms with Crippen LogP contribution in [0.4, 0.5) is 0 Å². The summed E-state index contributed by atoms with van der Waals surface area (Å²) < 4.78 is 68.6. The molecule has 0 aliphatic heterocycles. The maximum atomic E-state index is 13.1. The van der Waals surface area contributed by atoms with Crippen LogP contribution in [0.3, 0.4) is 0 Å². The number of hydrogen-bond acceptors (Lipinski definition) is 15. The standard InChI is InChI=1S/C85H144O17P2/c1-5-9-13-17-21-25-29-33-37-39-43-45-49-53-57-61-65-69-82(87)95-75-80(101-84(89)71-67-63-59-55-51-47-41-35-31-27-23-19-15-11-7-3)77-99-103(91,92)97-73-79(86)74-98-104(93,94)100-78-81(102-85(90)72-68-64-60-56-52-48-42-36-32-28-24-20-16-12-8-4)76-96-83(88)70-66-62-58-54-50-46-44-40-38-34-30-26-22-18-14-10-6-2/h9-10,13-14,21-23,25-27,33-38,41-42,44,46,54,58,79-81,86H,5-8,11-12,15-20,24,28-32,39-40,43,45,47-53,55-57,59-78H2,1-4H3,(H,91,92)(H,93,94)/b13-9-,14-10-,25-21-,26-22-,27-23-,37-33-,38-34-,41-35-,42-36-,46-44-,58-54-. The van der Waals surface area contributed by atoms with E-state index in [4.69, 9.17) is 37.0 Å². The highest BCUT2D eigenvalue weighted by molar-refractivity contribution is 7.47. The van der Waals surface area contributed by atoms with Gasteiger partial charge in [0.1, 0.15) is 19.3 Å². The third-order valence-corrected chi connectivity index (χ3v) is 18.5. The second-order valence-corrected chi connectivity index (χ2v) is 29.5. The summed E-state index contributed by atoms with van der Waals surface area (Å²) in [7, 11) is -9.99. The Morgan fingerprint density at radius 1 is 0.279 bits per heavy atom. The number of aliphatic hydroxyl groups excluding tert-OH is 1. The van der Waals surface area contributed by atoms with E-state index in [0.717, 1.165) is 180 Å². The van der Waals surface area contributed by atoms with Crippen LogP contribution in [-0.4, -0.2) is 96.7 Å². The molecular weight excluding hydrogens is 1350 g/mol. The maximum absolute atomic E-state index is 13.1. The quantitative estimate of drug-likeness (QED) is 0.0169. The zero-order valence-electron chi connectivity index (χ0n) is 65.2. The summed E-state index contributed by atoms with van der Waals surface area (Å²) in [6.45, 7) is 4.54. The Labute approximate surface area is 631 Å². The highest BCUT2D eigenvalue weighted by Crippen LogP contribution is 2.45. The minimum atomic E-state index is -5.00. The normalized spacial score (nSPS) is 14.6. The molecule has 0 aliphatic rings. The topological polar surface area (TPSA) is 237 Å². The molecule has 19 heteroatoms. The highest BCUT2D eigenvalue weighted by atomic mass is 31.2. The molecule has 5 atom stereocenters.